The molecule has 3 aromatic carbocycles. The summed E-state index contributed by atoms with van der Waals surface area (Å²) >= 11 is 5.84. The van der Waals surface area contributed by atoms with Crippen LogP contribution < -0.4 is 10.6 Å². The maximum Gasteiger partial charge on any atom is 0.255 e. The molecule has 0 unspecified atom stereocenters. The van der Waals surface area contributed by atoms with E-state index < -0.39 is 0 Å². The molecule has 2 N–H and O–H groups in total. The summed E-state index contributed by atoms with van der Waals surface area (Å²) in [5, 5.41) is 6.21. The fourth-order valence-electron chi connectivity index (χ4n) is 2.39. The SMILES string of the molecule is O=C(/C=C/c1ccc(Cl)cc1)Nc1cccc(C(=O)Nc2ccccc2)c1. The zero-order chi connectivity index (χ0) is 19.1. The van der Waals surface area contributed by atoms with Crippen LogP contribution in [0.25, 0.3) is 6.08 Å². The third kappa shape index (κ3) is 5.56. The van der Waals surface area contributed by atoms with Gasteiger partial charge in [0.2, 0.25) is 5.91 Å². The molecule has 0 spiro atoms. The number of hydrogen-bond acceptors (Lipinski definition) is 2. The standard InChI is InChI=1S/C22H17ClN2O2/c23-18-12-9-16(10-13-18)11-14-21(26)24-20-8-4-5-17(15-20)22(27)25-19-6-2-1-3-7-19/h1-15H,(H,24,26)(H,25,27)/b14-11+. The first kappa shape index (κ1) is 18.4. The number of carbonyl (C=O) groups is 2. The van der Waals surface area contributed by atoms with Crippen molar-refractivity contribution in [2.45, 2.75) is 0 Å². The molecule has 0 fully saturated rings. The molecule has 0 aliphatic carbocycles. The number of hydrogen-bond donors (Lipinski definition) is 2. The zero-order valence-corrected chi connectivity index (χ0v) is 15.1. The van der Waals surface area contributed by atoms with Gasteiger partial charge in [-0.3, -0.25) is 9.59 Å². The summed E-state index contributed by atoms with van der Waals surface area (Å²) in [7, 11) is 0. The molecule has 0 saturated heterocycles. The van der Waals surface area contributed by atoms with Crippen LogP contribution in [0.4, 0.5) is 11.4 Å². The summed E-state index contributed by atoms with van der Waals surface area (Å²) < 4.78 is 0. The third-order valence-corrected chi connectivity index (χ3v) is 3.97. The van der Waals surface area contributed by atoms with Crippen molar-refractivity contribution >= 4 is 40.9 Å². The Hall–Kier alpha value is -3.37. The number of anilines is 2. The number of nitrogens with one attached hydrogen (secondary N) is 2. The predicted octanol–water partition coefficient (Wildman–Crippen LogP) is 5.24. The van der Waals surface area contributed by atoms with Crippen LogP contribution in [0.2, 0.25) is 5.02 Å². The molecule has 2 amide bonds. The van der Waals surface area contributed by atoms with Crippen LogP contribution in [-0.2, 0) is 4.79 Å². The van der Waals surface area contributed by atoms with E-state index in [0.717, 1.165) is 5.56 Å². The van der Waals surface area contributed by atoms with Gasteiger partial charge in [0.05, 0.1) is 0 Å². The van der Waals surface area contributed by atoms with E-state index in [4.69, 9.17) is 11.6 Å². The van der Waals surface area contributed by atoms with E-state index in [0.29, 0.717) is 22.0 Å². The van der Waals surface area contributed by atoms with Crippen LogP contribution in [-0.4, -0.2) is 11.8 Å². The minimum absolute atomic E-state index is 0.242. The van der Waals surface area contributed by atoms with E-state index in [-0.39, 0.29) is 11.8 Å². The van der Waals surface area contributed by atoms with Crippen LogP contribution in [0.5, 0.6) is 0 Å². The van der Waals surface area contributed by atoms with Crippen molar-refractivity contribution in [2.24, 2.45) is 0 Å². The molecule has 3 aromatic rings. The zero-order valence-electron chi connectivity index (χ0n) is 14.4. The van der Waals surface area contributed by atoms with E-state index in [1.54, 1.807) is 42.5 Å². The van der Waals surface area contributed by atoms with Gasteiger partial charge in [-0.05, 0) is 54.1 Å². The molecule has 0 bridgehead atoms. The maximum atomic E-state index is 12.3. The summed E-state index contributed by atoms with van der Waals surface area (Å²) in [5.74, 6) is -0.528. The van der Waals surface area contributed by atoms with Crippen LogP contribution >= 0.6 is 11.6 Å². The van der Waals surface area contributed by atoms with Gasteiger partial charge in [-0.15, -0.1) is 0 Å². The van der Waals surface area contributed by atoms with Gasteiger partial charge < -0.3 is 10.6 Å². The monoisotopic (exact) mass is 376 g/mol. The first-order chi connectivity index (χ1) is 13.1. The highest BCUT2D eigenvalue weighted by molar-refractivity contribution is 6.30. The molecular weight excluding hydrogens is 360 g/mol. The summed E-state index contributed by atoms with van der Waals surface area (Å²) in [6.07, 6.45) is 3.12. The minimum Gasteiger partial charge on any atom is -0.322 e. The molecule has 4 nitrogen and oxygen atoms in total. The van der Waals surface area contributed by atoms with Crippen molar-refractivity contribution in [3.8, 4) is 0 Å². The van der Waals surface area contributed by atoms with Gasteiger partial charge in [-0.1, -0.05) is 48.0 Å². The van der Waals surface area contributed by atoms with E-state index in [1.807, 2.05) is 42.5 Å². The van der Waals surface area contributed by atoms with Crippen LogP contribution in [0.15, 0.2) is 84.9 Å². The van der Waals surface area contributed by atoms with Crippen molar-refractivity contribution in [1.82, 2.24) is 0 Å². The largest absolute Gasteiger partial charge is 0.322 e. The lowest BCUT2D eigenvalue weighted by Crippen LogP contribution is -2.13. The highest BCUT2D eigenvalue weighted by Gasteiger charge is 2.07. The Balaban J connectivity index is 1.63. The Kier molecular flexibility index (Phi) is 6.02. The van der Waals surface area contributed by atoms with Crippen LogP contribution in [0, 0.1) is 0 Å². The second-order valence-corrected chi connectivity index (χ2v) is 6.21. The van der Waals surface area contributed by atoms with Gasteiger partial charge in [0.1, 0.15) is 0 Å². The van der Waals surface area contributed by atoms with E-state index in [2.05, 4.69) is 10.6 Å². The van der Waals surface area contributed by atoms with Gasteiger partial charge >= 0.3 is 0 Å². The lowest BCUT2D eigenvalue weighted by Gasteiger charge is -2.07. The average Bonchev–Trinajstić information content (AvgIpc) is 2.68. The Morgan fingerprint density at radius 2 is 1.48 bits per heavy atom. The number of halogens is 1. The van der Waals surface area contributed by atoms with Crippen molar-refractivity contribution in [1.29, 1.82) is 0 Å². The van der Waals surface area contributed by atoms with E-state index in [1.165, 1.54) is 6.08 Å². The summed E-state index contributed by atoms with van der Waals surface area (Å²) in [5.41, 5.74) is 2.58. The molecule has 0 atom stereocenters. The molecule has 3 rings (SSSR count). The Labute approximate surface area is 162 Å². The second-order valence-electron chi connectivity index (χ2n) is 5.78. The Bertz CT molecular complexity index is 967. The van der Waals surface area contributed by atoms with Gasteiger partial charge in [0, 0.05) is 28.0 Å². The molecule has 0 aromatic heterocycles. The molecule has 134 valence electrons. The summed E-state index contributed by atoms with van der Waals surface area (Å²) in [6, 6.07) is 23.1. The van der Waals surface area contributed by atoms with Gasteiger partial charge in [0.25, 0.3) is 5.91 Å². The predicted molar refractivity (Wildman–Crippen MR) is 110 cm³/mol. The Morgan fingerprint density at radius 1 is 0.778 bits per heavy atom. The number of carbonyl (C=O) groups excluding carboxylic acids is 2. The van der Waals surface area contributed by atoms with Crippen molar-refractivity contribution in [3.63, 3.8) is 0 Å². The second kappa shape index (κ2) is 8.83. The van der Waals surface area contributed by atoms with Gasteiger partial charge in [0.15, 0.2) is 0 Å². The van der Waals surface area contributed by atoms with Gasteiger partial charge in [-0.25, -0.2) is 0 Å². The van der Waals surface area contributed by atoms with E-state index in [9.17, 15) is 9.59 Å². The lowest BCUT2D eigenvalue weighted by atomic mass is 10.1. The molecule has 5 heteroatoms. The van der Waals surface area contributed by atoms with Crippen molar-refractivity contribution < 1.29 is 9.59 Å². The minimum atomic E-state index is -0.287. The molecule has 0 radical (unpaired) electrons. The fourth-order valence-corrected chi connectivity index (χ4v) is 2.52. The number of para-hydroxylation sites is 1. The molecule has 0 saturated carbocycles. The molecular formula is C22H17ClN2O2. The van der Waals surface area contributed by atoms with Crippen LogP contribution in [0.1, 0.15) is 15.9 Å². The summed E-state index contributed by atoms with van der Waals surface area (Å²) in [6.45, 7) is 0. The lowest BCUT2D eigenvalue weighted by molar-refractivity contribution is -0.111. The molecule has 27 heavy (non-hydrogen) atoms. The van der Waals surface area contributed by atoms with E-state index >= 15 is 0 Å². The smallest absolute Gasteiger partial charge is 0.255 e. The van der Waals surface area contributed by atoms with Crippen molar-refractivity contribution in [2.75, 3.05) is 10.6 Å². The normalized spacial score (nSPS) is 10.6. The quantitative estimate of drug-likeness (QED) is 0.598. The third-order valence-electron chi connectivity index (χ3n) is 3.72. The average molecular weight is 377 g/mol. The summed E-state index contributed by atoms with van der Waals surface area (Å²) in [4.78, 5) is 24.4. The number of rotatable bonds is 5. The maximum absolute atomic E-state index is 12.3. The first-order valence-electron chi connectivity index (χ1n) is 8.31. The molecule has 0 heterocycles. The fraction of sp³-hybridized carbons (Fsp3) is 0. The highest BCUT2D eigenvalue weighted by atomic mass is 35.5. The number of benzene rings is 3. The van der Waals surface area contributed by atoms with Crippen molar-refractivity contribution in [3.05, 3.63) is 101 Å². The molecule has 0 aliphatic heterocycles. The Morgan fingerprint density at radius 3 is 2.22 bits per heavy atom. The topological polar surface area (TPSA) is 58.2 Å². The first-order valence-corrected chi connectivity index (χ1v) is 8.69. The van der Waals surface area contributed by atoms with Gasteiger partial charge in [-0.2, -0.15) is 0 Å². The highest BCUT2D eigenvalue weighted by Crippen LogP contribution is 2.14. The number of amides is 2. The molecule has 0 aliphatic rings. The van der Waals surface area contributed by atoms with Crippen LogP contribution in [0.3, 0.4) is 0 Å².